The summed E-state index contributed by atoms with van der Waals surface area (Å²) in [5.41, 5.74) is 5.19. The van der Waals surface area contributed by atoms with Crippen LogP contribution in [0.5, 0.6) is 0 Å². The van der Waals surface area contributed by atoms with Gasteiger partial charge in [-0.1, -0.05) is 73.6 Å². The van der Waals surface area contributed by atoms with Crippen molar-refractivity contribution in [3.63, 3.8) is 0 Å². The monoisotopic (exact) mass is 658 g/mol. The second-order valence-corrected chi connectivity index (χ2v) is 28.1. The molecule has 0 amide bonds. The number of allylic oxidation sites excluding steroid dienone is 2. The highest BCUT2D eigenvalue weighted by Crippen LogP contribution is 2.60. The first kappa shape index (κ1) is 38.7. The summed E-state index contributed by atoms with van der Waals surface area (Å²) in [6, 6.07) is 7.17. The molecule has 0 unspecified atom stereocenters. The van der Waals surface area contributed by atoms with Crippen LogP contribution in [-0.2, 0) is 26.8 Å². The smallest absolute Gasteiger partial charge is 0.192 e. The number of rotatable bonds is 14. The Labute approximate surface area is 280 Å². The van der Waals surface area contributed by atoms with Crippen LogP contribution in [0.1, 0.15) is 124 Å². The summed E-state index contributed by atoms with van der Waals surface area (Å²) >= 11 is 0. The maximum Gasteiger partial charge on any atom is 0.192 e. The van der Waals surface area contributed by atoms with Crippen molar-refractivity contribution in [2.45, 2.75) is 163 Å². The number of hydrogen-bond acceptors (Lipinski definition) is 4. The molecule has 0 bridgehead atoms. The number of fused-ring (bicyclic) bond motifs is 1. The third-order valence-corrected chi connectivity index (χ3v) is 21.3. The predicted octanol–water partition coefficient (Wildman–Crippen LogP) is 11.1. The van der Waals surface area contributed by atoms with Crippen LogP contribution in [0.25, 0.3) is 5.57 Å². The van der Waals surface area contributed by atoms with E-state index in [-0.39, 0.29) is 10.1 Å². The van der Waals surface area contributed by atoms with Crippen molar-refractivity contribution >= 4 is 22.2 Å². The summed E-state index contributed by atoms with van der Waals surface area (Å²) in [4.78, 5) is 0. The van der Waals surface area contributed by atoms with E-state index in [9.17, 15) is 5.11 Å². The molecule has 1 N–H and O–H groups in total. The van der Waals surface area contributed by atoms with Gasteiger partial charge in [-0.25, -0.2) is 0 Å². The van der Waals surface area contributed by atoms with Crippen molar-refractivity contribution in [2.24, 2.45) is 23.2 Å². The molecule has 1 aromatic rings. The average Bonchev–Trinajstić information content (AvgIpc) is 3.26. The third kappa shape index (κ3) is 9.66. The summed E-state index contributed by atoms with van der Waals surface area (Å²) in [5.74, 6) is 1.78. The molecule has 0 heterocycles. The zero-order chi connectivity index (χ0) is 34.1. The number of hydrogen-bond donors (Lipinski definition) is 1. The Morgan fingerprint density at radius 2 is 1.47 bits per heavy atom. The molecule has 0 saturated heterocycles. The van der Waals surface area contributed by atoms with Gasteiger partial charge in [0.05, 0.1) is 18.8 Å². The lowest BCUT2D eigenvalue weighted by Gasteiger charge is -2.43. The molecule has 1 saturated carbocycles. The first-order valence-corrected chi connectivity index (χ1v) is 23.7. The lowest BCUT2D eigenvalue weighted by atomic mass is 9.62. The van der Waals surface area contributed by atoms with E-state index in [0.717, 1.165) is 32.5 Å². The minimum absolute atomic E-state index is 0.171. The molecule has 0 spiro atoms. The summed E-state index contributed by atoms with van der Waals surface area (Å²) in [5, 5.41) is 10.4. The molecule has 2 aliphatic carbocycles. The van der Waals surface area contributed by atoms with Crippen LogP contribution >= 0.6 is 0 Å². The van der Waals surface area contributed by atoms with Gasteiger partial charge in [0.2, 0.25) is 0 Å². The Hall–Kier alpha value is -0.766. The van der Waals surface area contributed by atoms with E-state index >= 15 is 0 Å². The molecule has 0 radical (unpaired) electrons. The summed E-state index contributed by atoms with van der Waals surface area (Å²) in [6.45, 7) is 34.9. The minimum Gasteiger partial charge on any atom is -0.413 e. The van der Waals surface area contributed by atoms with Gasteiger partial charge in [-0.15, -0.1) is 0 Å². The second-order valence-electron chi connectivity index (χ2n) is 18.5. The van der Waals surface area contributed by atoms with Crippen molar-refractivity contribution in [3.8, 4) is 0 Å². The van der Waals surface area contributed by atoms with Crippen molar-refractivity contribution in [2.75, 3.05) is 13.2 Å². The van der Waals surface area contributed by atoms with Crippen LogP contribution < -0.4 is 0 Å². The maximum atomic E-state index is 10.0. The summed E-state index contributed by atoms with van der Waals surface area (Å²) in [7, 11) is -3.79. The molecule has 1 fully saturated rings. The molecule has 6 heteroatoms. The van der Waals surface area contributed by atoms with Crippen molar-refractivity contribution < 1.29 is 18.7 Å². The van der Waals surface area contributed by atoms with Crippen LogP contribution in [0.15, 0.2) is 24.3 Å². The van der Waals surface area contributed by atoms with Gasteiger partial charge in [0.15, 0.2) is 16.6 Å². The molecule has 0 aliphatic heterocycles. The Kier molecular flexibility index (Phi) is 12.4. The number of benzene rings is 1. The van der Waals surface area contributed by atoms with Gasteiger partial charge in [-0.3, -0.25) is 0 Å². The van der Waals surface area contributed by atoms with E-state index in [1.807, 2.05) is 13.8 Å². The van der Waals surface area contributed by atoms with Crippen molar-refractivity contribution in [1.29, 1.82) is 0 Å². The Balaban J connectivity index is 1.82. The SMILES string of the molecule is C[C@@H](COCCCC(C)(C)O)[C@H]1CC[C@H]2C(c3ccc(CO[Si](C)(C)C(C)(C)C)c(CO[Si](C)(C)C(C)(C)C)c3)=CCC[C@]12C. The zero-order valence-corrected chi connectivity index (χ0v) is 33.8. The molecule has 2 aliphatic rings. The fraction of sp³-hybridized carbons (Fsp3) is 0.795. The fourth-order valence-electron chi connectivity index (χ4n) is 7.09. The lowest BCUT2D eigenvalue weighted by molar-refractivity contribution is 0.0253. The van der Waals surface area contributed by atoms with Gasteiger partial charge in [0.25, 0.3) is 0 Å². The molecule has 1 aromatic carbocycles. The van der Waals surface area contributed by atoms with Gasteiger partial charge >= 0.3 is 0 Å². The Morgan fingerprint density at radius 1 is 0.889 bits per heavy atom. The van der Waals surface area contributed by atoms with Gasteiger partial charge in [-0.2, -0.15) is 0 Å². The van der Waals surface area contributed by atoms with Crippen LogP contribution in [-0.4, -0.2) is 40.6 Å². The molecule has 0 aromatic heterocycles. The van der Waals surface area contributed by atoms with Crippen LogP contribution in [0, 0.1) is 23.2 Å². The Morgan fingerprint density at radius 3 is 2.02 bits per heavy atom. The normalized spacial score (nSPS) is 24.0. The summed E-state index contributed by atoms with van der Waals surface area (Å²) in [6.07, 6.45) is 9.16. The average molecular weight is 659 g/mol. The van der Waals surface area contributed by atoms with E-state index < -0.39 is 22.2 Å². The topological polar surface area (TPSA) is 47.9 Å². The Bertz CT molecular complexity index is 1150. The minimum atomic E-state index is -1.91. The van der Waals surface area contributed by atoms with Crippen molar-refractivity contribution in [3.05, 3.63) is 41.0 Å². The van der Waals surface area contributed by atoms with Gasteiger partial charge in [-0.05, 0) is 140 Å². The standard InChI is InChI=1S/C39H70O4Si2/c1-29(26-41-24-16-22-38(8,9)40)34-20-21-35-33(17-15-23-39(34,35)10)30-18-19-31(27-42-44(11,12)36(2,3)4)32(25-30)28-43-45(13,14)37(5,6)7/h17-19,25,29,34-35,40H,15-16,20-24,26-28H2,1-14H3/t29-,34+,35-,39+/m0/s1. The van der Waals surface area contributed by atoms with Crippen LogP contribution in [0.4, 0.5) is 0 Å². The second kappa shape index (κ2) is 14.4. The zero-order valence-electron chi connectivity index (χ0n) is 31.8. The van der Waals surface area contributed by atoms with Gasteiger partial charge in [0, 0.05) is 13.2 Å². The highest BCUT2D eigenvalue weighted by atomic mass is 28.4. The quantitative estimate of drug-likeness (QED) is 0.160. The lowest BCUT2D eigenvalue weighted by Crippen LogP contribution is -2.41. The third-order valence-electron chi connectivity index (χ3n) is 12.3. The van der Waals surface area contributed by atoms with E-state index in [2.05, 4.69) is 106 Å². The van der Waals surface area contributed by atoms with Crippen LogP contribution in [0.3, 0.4) is 0 Å². The van der Waals surface area contributed by atoms with Crippen molar-refractivity contribution in [1.82, 2.24) is 0 Å². The van der Waals surface area contributed by atoms with Crippen LogP contribution in [0.2, 0.25) is 36.3 Å². The van der Waals surface area contributed by atoms with E-state index in [0.29, 0.717) is 36.4 Å². The number of ether oxygens (including phenoxy) is 1. The largest absolute Gasteiger partial charge is 0.413 e. The molecule has 45 heavy (non-hydrogen) atoms. The highest BCUT2D eigenvalue weighted by molar-refractivity contribution is 6.74. The van der Waals surface area contributed by atoms with E-state index in [1.165, 1.54) is 36.0 Å². The molecular weight excluding hydrogens is 589 g/mol. The first-order chi connectivity index (χ1) is 20.5. The molecular formula is C39H70O4Si2. The van der Waals surface area contributed by atoms with E-state index in [4.69, 9.17) is 13.6 Å². The fourth-order valence-corrected chi connectivity index (χ4v) is 8.99. The molecule has 4 nitrogen and oxygen atoms in total. The summed E-state index contributed by atoms with van der Waals surface area (Å²) < 4.78 is 19.8. The van der Waals surface area contributed by atoms with E-state index in [1.54, 1.807) is 5.57 Å². The van der Waals surface area contributed by atoms with Gasteiger partial charge in [0.1, 0.15) is 0 Å². The predicted molar refractivity (Wildman–Crippen MR) is 197 cm³/mol. The maximum absolute atomic E-state index is 10.0. The highest BCUT2D eigenvalue weighted by Gasteiger charge is 2.50. The molecule has 3 rings (SSSR count). The first-order valence-electron chi connectivity index (χ1n) is 17.9. The molecule has 258 valence electrons. The van der Waals surface area contributed by atoms with Gasteiger partial charge < -0.3 is 18.7 Å². The number of aliphatic hydroxyl groups is 1. The molecule has 4 atom stereocenters.